The van der Waals surface area contributed by atoms with Crippen molar-refractivity contribution in [3.63, 3.8) is 0 Å². The van der Waals surface area contributed by atoms with Crippen LogP contribution in [0.1, 0.15) is 0 Å². The molecule has 0 amide bonds. The summed E-state index contributed by atoms with van der Waals surface area (Å²) in [5.74, 6) is 0.688. The third kappa shape index (κ3) is 6.62. The first-order valence-electron chi connectivity index (χ1n) is 21.3. The van der Waals surface area contributed by atoms with Crippen molar-refractivity contribution >= 4 is 43.5 Å². The van der Waals surface area contributed by atoms with Gasteiger partial charge in [-0.15, -0.1) is 0 Å². The van der Waals surface area contributed by atoms with Crippen molar-refractivity contribution in [2.45, 2.75) is 0 Å². The summed E-state index contributed by atoms with van der Waals surface area (Å²) < 4.78 is 0. The van der Waals surface area contributed by atoms with E-state index in [1.54, 1.807) is 0 Å². The molecule has 4 nitrogen and oxygen atoms in total. The van der Waals surface area contributed by atoms with Gasteiger partial charge in [0.15, 0.2) is 5.82 Å². The Bertz CT molecular complexity index is 3510. The number of para-hydroxylation sites is 1. The highest BCUT2D eigenvalue weighted by molar-refractivity contribution is 6.28. The molecule has 0 aliphatic heterocycles. The maximum atomic E-state index is 5.32. The fraction of sp³-hybridized carbons (Fsp3) is 0. The number of nitrogens with one attached hydrogen (secondary N) is 1. The molecule has 0 radical (unpaired) electrons. The summed E-state index contributed by atoms with van der Waals surface area (Å²) in [6.45, 7) is 0. The zero-order valence-corrected chi connectivity index (χ0v) is 34.2. The molecule has 0 aliphatic carbocycles. The number of nitrogens with zero attached hydrogens (tertiary/aromatic N) is 3. The molecule has 4 heteroatoms. The van der Waals surface area contributed by atoms with E-state index < -0.39 is 0 Å². The minimum absolute atomic E-state index is 0.688. The monoisotopic (exact) mass is 802 g/mol. The van der Waals surface area contributed by atoms with Crippen molar-refractivity contribution in [3.05, 3.63) is 224 Å². The smallest absolute Gasteiger partial charge is 0.160 e. The second-order valence-electron chi connectivity index (χ2n) is 16.1. The topological polar surface area (TPSA) is 54.5 Å². The van der Waals surface area contributed by atoms with E-state index in [0.717, 1.165) is 72.6 Å². The molecule has 0 saturated heterocycles. The molecule has 3 aromatic heterocycles. The van der Waals surface area contributed by atoms with E-state index in [2.05, 4.69) is 217 Å². The molecule has 9 aromatic carbocycles. The van der Waals surface area contributed by atoms with Crippen LogP contribution in [0, 0.1) is 0 Å². The number of hydrogen-bond acceptors (Lipinski definition) is 3. The van der Waals surface area contributed by atoms with Crippen molar-refractivity contribution in [2.75, 3.05) is 0 Å². The summed E-state index contributed by atoms with van der Waals surface area (Å²) in [7, 11) is 0. The van der Waals surface area contributed by atoms with Gasteiger partial charge in [0.05, 0.1) is 28.1 Å². The van der Waals surface area contributed by atoms with Crippen molar-refractivity contribution in [3.8, 4) is 78.5 Å². The van der Waals surface area contributed by atoms with Gasteiger partial charge in [0, 0.05) is 43.9 Å². The lowest BCUT2D eigenvalue weighted by Gasteiger charge is -2.12. The number of fused-ring (bicyclic) bond motifs is 7. The van der Waals surface area contributed by atoms with E-state index in [9.17, 15) is 0 Å². The Morgan fingerprint density at radius 3 is 1.32 bits per heavy atom. The Hall–Kier alpha value is -8.47. The van der Waals surface area contributed by atoms with Gasteiger partial charge in [0.2, 0.25) is 0 Å². The predicted molar refractivity (Wildman–Crippen MR) is 262 cm³/mol. The molecule has 0 saturated carbocycles. The number of benzene rings is 9. The van der Waals surface area contributed by atoms with Crippen LogP contribution in [0.5, 0.6) is 0 Å². The number of rotatable bonds is 7. The summed E-state index contributed by atoms with van der Waals surface area (Å²) >= 11 is 0. The summed E-state index contributed by atoms with van der Waals surface area (Å²) in [5, 5.41) is 6.04. The van der Waals surface area contributed by atoms with Crippen LogP contribution < -0.4 is 0 Å². The Balaban J connectivity index is 0.896. The molecule has 0 atom stereocenters. The first kappa shape index (κ1) is 36.4. The van der Waals surface area contributed by atoms with E-state index in [1.807, 2.05) is 12.1 Å². The lowest BCUT2D eigenvalue weighted by Crippen LogP contribution is -1.96. The molecule has 1 N–H and O–H groups in total. The van der Waals surface area contributed by atoms with E-state index in [1.165, 1.54) is 43.6 Å². The van der Waals surface area contributed by atoms with Crippen molar-refractivity contribution < 1.29 is 0 Å². The molecule has 0 unspecified atom stereocenters. The highest BCUT2D eigenvalue weighted by Crippen LogP contribution is 2.40. The third-order valence-corrected chi connectivity index (χ3v) is 12.3. The van der Waals surface area contributed by atoms with Gasteiger partial charge >= 0.3 is 0 Å². The van der Waals surface area contributed by atoms with Crippen LogP contribution >= 0.6 is 0 Å². The number of aromatic amines is 1. The van der Waals surface area contributed by atoms with Gasteiger partial charge in [-0.05, 0) is 62.4 Å². The maximum absolute atomic E-state index is 5.32. The van der Waals surface area contributed by atoms with Crippen LogP contribution in [0.2, 0.25) is 0 Å². The molecule has 0 aliphatic rings. The third-order valence-electron chi connectivity index (χ3n) is 12.3. The van der Waals surface area contributed by atoms with Gasteiger partial charge in [-0.25, -0.2) is 15.0 Å². The average molecular weight is 803 g/mol. The molecular weight excluding hydrogens is 765 g/mol. The summed E-state index contributed by atoms with van der Waals surface area (Å²) in [5.41, 5.74) is 16.9. The zero-order chi connectivity index (χ0) is 41.7. The summed E-state index contributed by atoms with van der Waals surface area (Å²) in [4.78, 5) is 19.4. The summed E-state index contributed by atoms with van der Waals surface area (Å²) in [6, 6.07) is 79.2. The first-order chi connectivity index (χ1) is 31.2. The van der Waals surface area contributed by atoms with E-state index in [4.69, 9.17) is 15.0 Å². The van der Waals surface area contributed by atoms with Gasteiger partial charge in [-0.3, -0.25) is 0 Å². The Labute approximate surface area is 364 Å². The van der Waals surface area contributed by atoms with E-state index in [0.29, 0.717) is 5.82 Å². The average Bonchev–Trinajstić information content (AvgIpc) is 3.76. The number of aromatic nitrogens is 4. The molecule has 3 heterocycles. The van der Waals surface area contributed by atoms with Gasteiger partial charge in [0.25, 0.3) is 0 Å². The zero-order valence-electron chi connectivity index (χ0n) is 34.2. The van der Waals surface area contributed by atoms with Crippen LogP contribution in [-0.2, 0) is 0 Å². The minimum Gasteiger partial charge on any atom is -0.353 e. The standard InChI is InChI=1S/C59H38N4/c1-3-11-38(12-4-1)40-19-27-45(28-20-40)53-37-54(63-59(62-53)48-33-25-41(26-34-48)39-13-5-2-6-14-39)46-29-21-42(22-30-46)43-23-31-47(32-24-43)57-58-56(50-17-9-10-18-51(50)60-58)55-49-16-8-7-15-44(49)35-36-52(55)61-57/h1-37,60H. The first-order valence-corrected chi connectivity index (χ1v) is 21.3. The number of hydrogen-bond donors (Lipinski definition) is 1. The normalized spacial score (nSPS) is 11.5. The van der Waals surface area contributed by atoms with Gasteiger partial charge in [-0.1, -0.05) is 206 Å². The Morgan fingerprint density at radius 1 is 0.302 bits per heavy atom. The molecule has 12 aromatic rings. The molecule has 12 rings (SSSR count). The second-order valence-corrected chi connectivity index (χ2v) is 16.1. The SMILES string of the molecule is c1ccc(-c2ccc(-c3cc(-c4ccc(-c5ccc(-c6nc7ccc8ccccc8c7c7c6[nH]c6ccccc67)cc5)cc4)nc(-c4ccc(-c5ccccc5)cc4)n3)cc2)cc1. The highest BCUT2D eigenvalue weighted by Gasteiger charge is 2.18. The Kier molecular flexibility index (Phi) is 8.79. The molecule has 0 bridgehead atoms. The van der Waals surface area contributed by atoms with Crippen molar-refractivity contribution in [1.82, 2.24) is 19.9 Å². The predicted octanol–water partition coefficient (Wildman–Crippen LogP) is 15.5. The van der Waals surface area contributed by atoms with Crippen LogP contribution in [0.4, 0.5) is 0 Å². The van der Waals surface area contributed by atoms with Crippen molar-refractivity contribution in [2.24, 2.45) is 0 Å². The van der Waals surface area contributed by atoms with Gasteiger partial charge in [0.1, 0.15) is 0 Å². The number of H-pyrrole nitrogens is 1. The minimum atomic E-state index is 0.688. The lowest BCUT2D eigenvalue weighted by molar-refractivity contribution is 1.18. The lowest BCUT2D eigenvalue weighted by atomic mass is 9.97. The van der Waals surface area contributed by atoms with E-state index >= 15 is 0 Å². The molecular formula is C59H38N4. The van der Waals surface area contributed by atoms with Crippen LogP contribution in [0.15, 0.2) is 224 Å². The maximum Gasteiger partial charge on any atom is 0.160 e. The summed E-state index contributed by atoms with van der Waals surface area (Å²) in [6.07, 6.45) is 0. The Morgan fingerprint density at radius 2 is 0.746 bits per heavy atom. The molecule has 0 spiro atoms. The quantitative estimate of drug-likeness (QED) is 0.163. The molecule has 63 heavy (non-hydrogen) atoms. The highest BCUT2D eigenvalue weighted by atomic mass is 14.9. The number of pyridine rings is 1. The van der Waals surface area contributed by atoms with Crippen LogP contribution in [0.25, 0.3) is 122 Å². The van der Waals surface area contributed by atoms with Gasteiger partial charge in [-0.2, -0.15) is 0 Å². The largest absolute Gasteiger partial charge is 0.353 e. The fourth-order valence-electron chi connectivity index (χ4n) is 9.01. The molecule has 294 valence electrons. The van der Waals surface area contributed by atoms with Gasteiger partial charge < -0.3 is 4.98 Å². The van der Waals surface area contributed by atoms with E-state index in [-0.39, 0.29) is 0 Å². The van der Waals surface area contributed by atoms with Crippen LogP contribution in [0.3, 0.4) is 0 Å². The second kappa shape index (κ2) is 15.2. The van der Waals surface area contributed by atoms with Crippen LogP contribution in [-0.4, -0.2) is 19.9 Å². The fourth-order valence-corrected chi connectivity index (χ4v) is 9.01. The van der Waals surface area contributed by atoms with Crippen molar-refractivity contribution in [1.29, 1.82) is 0 Å². The molecule has 0 fully saturated rings.